The average Bonchev–Trinajstić information content (AvgIpc) is 2.54. The first-order chi connectivity index (χ1) is 10.8. The average molecular weight is 289 g/mol. The zero-order valence-corrected chi connectivity index (χ0v) is 13.2. The van der Waals surface area contributed by atoms with E-state index in [1.54, 1.807) is 18.2 Å². The largest absolute Gasteiger partial charge is 0.311 e. The molecule has 0 spiro atoms. The van der Waals surface area contributed by atoms with Crippen molar-refractivity contribution in [2.75, 3.05) is 4.90 Å². The molecule has 0 radical (unpaired) electrons. The molecule has 0 aromatic heterocycles. The Morgan fingerprint density at radius 2 is 1.45 bits per heavy atom. The molecule has 0 aliphatic carbocycles. The van der Waals surface area contributed by atoms with E-state index in [1.807, 2.05) is 61.6 Å². The van der Waals surface area contributed by atoms with Gasteiger partial charge in [0.1, 0.15) is 0 Å². The summed E-state index contributed by atoms with van der Waals surface area (Å²) in [6, 6.07) is 10.2. The second-order valence-corrected chi connectivity index (χ2v) is 4.42. The highest BCUT2D eigenvalue weighted by molar-refractivity contribution is 5.63. The van der Waals surface area contributed by atoms with Crippen molar-refractivity contribution in [3.63, 3.8) is 0 Å². The maximum atomic E-state index is 3.82. The van der Waals surface area contributed by atoms with Crippen molar-refractivity contribution in [1.82, 2.24) is 0 Å². The van der Waals surface area contributed by atoms with Gasteiger partial charge in [-0.15, -0.1) is 0 Å². The van der Waals surface area contributed by atoms with E-state index >= 15 is 0 Å². The van der Waals surface area contributed by atoms with Crippen LogP contribution in [0.15, 0.2) is 116 Å². The van der Waals surface area contributed by atoms with Crippen molar-refractivity contribution in [2.45, 2.75) is 6.92 Å². The van der Waals surface area contributed by atoms with Crippen LogP contribution in [-0.4, -0.2) is 0 Å². The molecule has 22 heavy (non-hydrogen) atoms. The van der Waals surface area contributed by atoms with Gasteiger partial charge in [-0.05, 0) is 43.4 Å². The van der Waals surface area contributed by atoms with Crippen LogP contribution < -0.4 is 4.90 Å². The quantitative estimate of drug-likeness (QED) is 0.534. The summed E-state index contributed by atoms with van der Waals surface area (Å²) >= 11 is 0. The molecule has 0 aliphatic heterocycles. The van der Waals surface area contributed by atoms with E-state index in [9.17, 15) is 0 Å². The number of hydrogen-bond acceptors (Lipinski definition) is 1. The number of para-hydroxylation sites is 1. The number of nitrogens with zero attached hydrogens (tertiary/aromatic N) is 1. The molecule has 0 fully saturated rings. The van der Waals surface area contributed by atoms with Crippen molar-refractivity contribution >= 4 is 5.69 Å². The number of allylic oxidation sites excluding steroid dienone is 9. The summed E-state index contributed by atoms with van der Waals surface area (Å²) in [6.45, 7) is 13.4. The van der Waals surface area contributed by atoms with Gasteiger partial charge in [-0.25, -0.2) is 0 Å². The van der Waals surface area contributed by atoms with Gasteiger partial charge >= 0.3 is 0 Å². The van der Waals surface area contributed by atoms with Crippen LogP contribution in [0.4, 0.5) is 5.69 Å². The first kappa shape index (κ1) is 17.3. The van der Waals surface area contributed by atoms with Crippen LogP contribution in [0.5, 0.6) is 0 Å². The van der Waals surface area contributed by atoms with Crippen molar-refractivity contribution < 1.29 is 0 Å². The molecular weight excluding hydrogens is 266 g/mol. The van der Waals surface area contributed by atoms with E-state index in [-0.39, 0.29) is 0 Å². The van der Waals surface area contributed by atoms with Gasteiger partial charge in [0.05, 0.1) is 0 Å². The second kappa shape index (κ2) is 10.0. The predicted octanol–water partition coefficient (Wildman–Crippen LogP) is 5.95. The van der Waals surface area contributed by atoms with Crippen LogP contribution >= 0.6 is 0 Å². The predicted molar refractivity (Wildman–Crippen MR) is 99.6 cm³/mol. The standard InChI is InChI=1S/C21H23N/c1-5-9-16-20(15-8-4)22(19(13-6-2)14-7-3)21-17-11-10-12-18-21/h5-18H,1-2,4H2,3H3/b14-7-,16-9-,19-13+,20-15+. The number of benzene rings is 1. The molecule has 1 aromatic rings. The number of rotatable bonds is 8. The number of anilines is 1. The molecule has 1 heteroatoms. The van der Waals surface area contributed by atoms with Crippen LogP contribution in [-0.2, 0) is 0 Å². The van der Waals surface area contributed by atoms with E-state index in [4.69, 9.17) is 0 Å². The molecule has 0 heterocycles. The maximum Gasteiger partial charge on any atom is 0.0461 e. The highest BCUT2D eigenvalue weighted by Gasteiger charge is 2.12. The lowest BCUT2D eigenvalue weighted by atomic mass is 10.2. The van der Waals surface area contributed by atoms with E-state index in [1.165, 1.54) is 0 Å². The Bertz CT molecular complexity index is 613. The molecule has 0 aliphatic rings. The van der Waals surface area contributed by atoms with E-state index in [2.05, 4.69) is 36.8 Å². The second-order valence-electron chi connectivity index (χ2n) is 4.42. The van der Waals surface area contributed by atoms with Gasteiger partial charge in [0.15, 0.2) is 0 Å². The molecular formula is C21H23N. The molecule has 0 saturated carbocycles. The van der Waals surface area contributed by atoms with Crippen molar-refractivity contribution in [3.05, 3.63) is 116 Å². The van der Waals surface area contributed by atoms with Crippen molar-refractivity contribution in [1.29, 1.82) is 0 Å². The van der Waals surface area contributed by atoms with Crippen molar-refractivity contribution in [3.8, 4) is 0 Å². The van der Waals surface area contributed by atoms with Gasteiger partial charge in [-0.2, -0.15) is 0 Å². The maximum absolute atomic E-state index is 3.82. The lowest BCUT2D eigenvalue weighted by Crippen LogP contribution is -2.19. The minimum atomic E-state index is 0.993. The number of hydrogen-bond donors (Lipinski definition) is 0. The molecule has 0 saturated heterocycles. The first-order valence-electron chi connectivity index (χ1n) is 7.20. The Labute approximate surface area is 134 Å². The third-order valence-electron chi connectivity index (χ3n) is 2.85. The zero-order valence-electron chi connectivity index (χ0n) is 13.2. The van der Waals surface area contributed by atoms with Crippen LogP contribution in [0.3, 0.4) is 0 Å². The first-order valence-corrected chi connectivity index (χ1v) is 7.20. The SMILES string of the molecule is C=C/C=C\C(=C/C=C)N(C(/C=C\C)=C/C=C)c1ccccc1. The van der Waals surface area contributed by atoms with E-state index in [0.717, 1.165) is 17.1 Å². The fourth-order valence-electron chi connectivity index (χ4n) is 2.01. The summed E-state index contributed by atoms with van der Waals surface area (Å²) in [5, 5.41) is 0. The zero-order chi connectivity index (χ0) is 16.2. The minimum absolute atomic E-state index is 0.993. The molecule has 0 N–H and O–H groups in total. The van der Waals surface area contributed by atoms with Crippen LogP contribution in [0.25, 0.3) is 0 Å². The Kier molecular flexibility index (Phi) is 7.84. The lowest BCUT2D eigenvalue weighted by molar-refractivity contribution is 1.14. The highest BCUT2D eigenvalue weighted by atomic mass is 15.1. The van der Waals surface area contributed by atoms with Crippen LogP contribution in [0.2, 0.25) is 0 Å². The summed E-state index contributed by atoms with van der Waals surface area (Å²) < 4.78 is 0. The Morgan fingerprint density at radius 1 is 0.864 bits per heavy atom. The molecule has 0 atom stereocenters. The Hall–Kier alpha value is -2.80. The van der Waals surface area contributed by atoms with Crippen molar-refractivity contribution in [2.24, 2.45) is 0 Å². The topological polar surface area (TPSA) is 3.24 Å². The Morgan fingerprint density at radius 3 is 1.95 bits per heavy atom. The summed E-state index contributed by atoms with van der Waals surface area (Å²) in [5.74, 6) is 0. The van der Waals surface area contributed by atoms with Gasteiger partial charge < -0.3 is 4.90 Å². The lowest BCUT2D eigenvalue weighted by Gasteiger charge is -2.27. The summed E-state index contributed by atoms with van der Waals surface area (Å²) in [5.41, 5.74) is 3.08. The highest BCUT2D eigenvalue weighted by Crippen LogP contribution is 2.26. The van der Waals surface area contributed by atoms with Crippen LogP contribution in [0, 0.1) is 0 Å². The fraction of sp³-hybridized carbons (Fsp3) is 0.0476. The van der Waals surface area contributed by atoms with Gasteiger partial charge in [-0.3, -0.25) is 0 Å². The minimum Gasteiger partial charge on any atom is -0.311 e. The summed E-state index contributed by atoms with van der Waals surface area (Å²) in [7, 11) is 0. The monoisotopic (exact) mass is 289 g/mol. The summed E-state index contributed by atoms with van der Waals surface area (Å²) in [6.07, 6.45) is 17.2. The molecule has 1 rings (SSSR count). The van der Waals surface area contributed by atoms with Crippen LogP contribution in [0.1, 0.15) is 6.92 Å². The van der Waals surface area contributed by atoms with Gasteiger partial charge in [-0.1, -0.05) is 68.3 Å². The molecule has 1 nitrogen and oxygen atoms in total. The normalized spacial score (nSPS) is 12.6. The fourth-order valence-corrected chi connectivity index (χ4v) is 2.01. The molecule has 0 amide bonds. The molecule has 0 bridgehead atoms. The third kappa shape index (κ3) is 4.95. The molecule has 1 aromatic carbocycles. The summed E-state index contributed by atoms with van der Waals surface area (Å²) in [4.78, 5) is 2.14. The van der Waals surface area contributed by atoms with E-state index in [0.29, 0.717) is 0 Å². The molecule has 112 valence electrons. The van der Waals surface area contributed by atoms with Gasteiger partial charge in [0, 0.05) is 17.1 Å². The third-order valence-corrected chi connectivity index (χ3v) is 2.85. The van der Waals surface area contributed by atoms with E-state index < -0.39 is 0 Å². The van der Waals surface area contributed by atoms with Gasteiger partial charge in [0.2, 0.25) is 0 Å². The molecule has 0 unspecified atom stereocenters. The van der Waals surface area contributed by atoms with Gasteiger partial charge in [0.25, 0.3) is 0 Å². The smallest absolute Gasteiger partial charge is 0.0461 e. The Balaban J connectivity index is 3.50.